The first-order valence-electron chi connectivity index (χ1n) is 9.95. The number of furan rings is 1. The highest BCUT2D eigenvalue weighted by molar-refractivity contribution is 6.04. The fourth-order valence-corrected chi connectivity index (χ4v) is 4.26. The van der Waals surface area contributed by atoms with Crippen molar-refractivity contribution >= 4 is 28.7 Å². The summed E-state index contributed by atoms with van der Waals surface area (Å²) in [6.45, 7) is 3.17. The number of hydrogen-bond acceptors (Lipinski definition) is 5. The summed E-state index contributed by atoms with van der Waals surface area (Å²) in [6.07, 6.45) is 3.88. The standard InChI is InChI=1S/C22H22N4O3/c27-21(15-4-2-1-3-5-15)25-20-10-16-12-23-17(11-19(16)29-20)22(28)24-18-13-26-8-6-14(18)7-9-26/h1-5,10-12,14,18H,6-9,13H2,(H,24,28)(H,25,27). The first kappa shape index (κ1) is 17.9. The maximum Gasteiger partial charge on any atom is 0.270 e. The van der Waals surface area contributed by atoms with Gasteiger partial charge in [-0.2, -0.15) is 0 Å². The van der Waals surface area contributed by atoms with E-state index in [1.807, 2.05) is 6.07 Å². The van der Waals surface area contributed by atoms with E-state index in [0.29, 0.717) is 28.6 Å². The summed E-state index contributed by atoms with van der Waals surface area (Å²) in [5.74, 6) is 0.441. The summed E-state index contributed by atoms with van der Waals surface area (Å²) in [5.41, 5.74) is 1.38. The van der Waals surface area contributed by atoms with Crippen molar-refractivity contribution in [1.82, 2.24) is 15.2 Å². The molecule has 2 aromatic heterocycles. The zero-order valence-corrected chi connectivity index (χ0v) is 15.9. The van der Waals surface area contributed by atoms with Crippen molar-refractivity contribution in [3.63, 3.8) is 0 Å². The summed E-state index contributed by atoms with van der Waals surface area (Å²) >= 11 is 0. The second-order valence-electron chi connectivity index (χ2n) is 7.76. The molecule has 7 heteroatoms. The Morgan fingerprint density at radius 3 is 2.59 bits per heavy atom. The number of piperidine rings is 3. The summed E-state index contributed by atoms with van der Waals surface area (Å²) in [4.78, 5) is 31.7. The van der Waals surface area contributed by atoms with Crippen LogP contribution in [-0.2, 0) is 0 Å². The minimum atomic E-state index is -0.252. The Kier molecular flexibility index (Phi) is 4.52. The van der Waals surface area contributed by atoms with E-state index in [0.717, 1.165) is 37.9 Å². The van der Waals surface area contributed by atoms with E-state index in [1.54, 1.807) is 42.6 Å². The van der Waals surface area contributed by atoms with Crippen LogP contribution in [0, 0.1) is 5.92 Å². The summed E-state index contributed by atoms with van der Waals surface area (Å²) in [6, 6.07) is 12.4. The summed E-state index contributed by atoms with van der Waals surface area (Å²) in [5, 5.41) is 6.61. The van der Waals surface area contributed by atoms with Gasteiger partial charge in [0, 0.05) is 41.9 Å². The molecule has 3 fully saturated rings. The molecule has 148 valence electrons. The topological polar surface area (TPSA) is 87.5 Å². The number of anilines is 1. The number of benzene rings is 1. The molecule has 0 radical (unpaired) electrons. The van der Waals surface area contributed by atoms with Gasteiger partial charge in [0.25, 0.3) is 11.8 Å². The quantitative estimate of drug-likeness (QED) is 0.715. The maximum absolute atomic E-state index is 12.7. The lowest BCUT2D eigenvalue weighted by Gasteiger charge is -2.44. The van der Waals surface area contributed by atoms with Gasteiger partial charge in [-0.3, -0.25) is 19.9 Å². The number of pyridine rings is 1. The van der Waals surface area contributed by atoms with Gasteiger partial charge in [-0.05, 0) is 44.0 Å². The fourth-order valence-electron chi connectivity index (χ4n) is 4.26. The van der Waals surface area contributed by atoms with E-state index < -0.39 is 0 Å². The van der Waals surface area contributed by atoms with Crippen LogP contribution < -0.4 is 10.6 Å². The van der Waals surface area contributed by atoms with Crippen LogP contribution in [0.25, 0.3) is 11.0 Å². The van der Waals surface area contributed by atoms with Crippen LogP contribution in [0.3, 0.4) is 0 Å². The molecule has 2 amide bonds. The molecule has 2 N–H and O–H groups in total. The SMILES string of the molecule is O=C(Nc1cc2cnc(C(=O)NC3CN4CCC3CC4)cc2o1)c1ccccc1. The first-order valence-corrected chi connectivity index (χ1v) is 9.95. The molecule has 1 unspecified atom stereocenters. The predicted molar refractivity (Wildman–Crippen MR) is 109 cm³/mol. The lowest BCUT2D eigenvalue weighted by molar-refractivity contribution is 0.0617. The van der Waals surface area contributed by atoms with Crippen LogP contribution >= 0.6 is 0 Å². The van der Waals surface area contributed by atoms with Crippen molar-refractivity contribution in [1.29, 1.82) is 0 Å². The number of fused-ring (bicyclic) bond motifs is 4. The van der Waals surface area contributed by atoms with Crippen LogP contribution in [0.2, 0.25) is 0 Å². The fraction of sp³-hybridized carbons (Fsp3) is 0.318. The molecular formula is C22H22N4O3. The van der Waals surface area contributed by atoms with E-state index in [-0.39, 0.29) is 17.9 Å². The molecule has 1 aromatic carbocycles. The minimum Gasteiger partial charge on any atom is -0.440 e. The largest absolute Gasteiger partial charge is 0.440 e. The van der Waals surface area contributed by atoms with Gasteiger partial charge >= 0.3 is 0 Å². The van der Waals surface area contributed by atoms with Crippen molar-refractivity contribution in [3.05, 3.63) is 59.9 Å². The van der Waals surface area contributed by atoms with Gasteiger partial charge in [0.2, 0.25) is 5.88 Å². The highest BCUT2D eigenvalue weighted by Gasteiger charge is 2.35. The molecule has 29 heavy (non-hydrogen) atoms. The lowest BCUT2D eigenvalue weighted by Crippen LogP contribution is -2.57. The Hall–Kier alpha value is -3.19. The number of nitrogens with zero attached hydrogens (tertiary/aromatic N) is 2. The van der Waals surface area contributed by atoms with Crippen molar-refractivity contribution in [2.45, 2.75) is 18.9 Å². The second-order valence-corrected chi connectivity index (χ2v) is 7.76. The minimum absolute atomic E-state index is 0.180. The van der Waals surface area contributed by atoms with Crippen LogP contribution in [0.1, 0.15) is 33.7 Å². The number of carbonyl (C=O) groups excluding carboxylic acids is 2. The van der Waals surface area contributed by atoms with Gasteiger partial charge in [0.05, 0.1) is 0 Å². The van der Waals surface area contributed by atoms with Crippen LogP contribution in [0.5, 0.6) is 0 Å². The van der Waals surface area contributed by atoms with Crippen molar-refractivity contribution in [2.24, 2.45) is 5.92 Å². The molecule has 3 aliphatic heterocycles. The van der Waals surface area contributed by atoms with Gasteiger partial charge in [-0.25, -0.2) is 0 Å². The van der Waals surface area contributed by atoms with E-state index in [2.05, 4.69) is 20.5 Å². The molecule has 6 rings (SSSR count). The Balaban J connectivity index is 1.30. The van der Waals surface area contributed by atoms with Gasteiger partial charge < -0.3 is 14.6 Å². The maximum atomic E-state index is 12.7. The Morgan fingerprint density at radius 1 is 1.07 bits per heavy atom. The molecule has 3 aromatic rings. The second kappa shape index (κ2) is 7.33. The monoisotopic (exact) mass is 390 g/mol. The van der Waals surface area contributed by atoms with E-state index in [4.69, 9.17) is 4.42 Å². The van der Waals surface area contributed by atoms with Crippen molar-refractivity contribution in [3.8, 4) is 0 Å². The molecule has 3 aliphatic rings. The van der Waals surface area contributed by atoms with Crippen LogP contribution in [-0.4, -0.2) is 47.4 Å². The third-order valence-electron chi connectivity index (χ3n) is 5.88. The normalized spacial score (nSPS) is 23.1. The van der Waals surface area contributed by atoms with Crippen molar-refractivity contribution < 1.29 is 14.0 Å². The van der Waals surface area contributed by atoms with E-state index >= 15 is 0 Å². The zero-order chi connectivity index (χ0) is 19.8. The number of amides is 2. The molecule has 2 bridgehead atoms. The highest BCUT2D eigenvalue weighted by Crippen LogP contribution is 2.28. The average Bonchev–Trinajstić information content (AvgIpc) is 3.16. The summed E-state index contributed by atoms with van der Waals surface area (Å²) in [7, 11) is 0. The number of carbonyl (C=O) groups is 2. The van der Waals surface area contributed by atoms with Crippen molar-refractivity contribution in [2.75, 3.05) is 25.0 Å². The molecule has 7 nitrogen and oxygen atoms in total. The van der Waals surface area contributed by atoms with Gasteiger partial charge in [0.1, 0.15) is 11.3 Å². The highest BCUT2D eigenvalue weighted by atomic mass is 16.4. The van der Waals surface area contributed by atoms with Gasteiger partial charge in [-0.1, -0.05) is 18.2 Å². The van der Waals surface area contributed by atoms with Crippen LogP contribution in [0.4, 0.5) is 5.88 Å². The summed E-state index contributed by atoms with van der Waals surface area (Å²) < 4.78 is 5.73. The van der Waals surface area contributed by atoms with Gasteiger partial charge in [0.15, 0.2) is 0 Å². The van der Waals surface area contributed by atoms with E-state index in [9.17, 15) is 9.59 Å². The zero-order valence-electron chi connectivity index (χ0n) is 15.9. The smallest absolute Gasteiger partial charge is 0.270 e. The van der Waals surface area contributed by atoms with E-state index in [1.165, 1.54) is 0 Å². The molecule has 5 heterocycles. The molecule has 0 saturated carbocycles. The molecule has 0 spiro atoms. The Bertz CT molecular complexity index is 1050. The molecule has 3 saturated heterocycles. The predicted octanol–water partition coefficient (Wildman–Crippen LogP) is 2.90. The number of hydrogen-bond donors (Lipinski definition) is 2. The number of aromatic nitrogens is 1. The number of nitrogens with one attached hydrogen (secondary N) is 2. The molecule has 1 atom stereocenters. The Labute approximate surface area is 168 Å². The first-order chi connectivity index (χ1) is 14.2. The lowest BCUT2D eigenvalue weighted by atomic mass is 9.84. The van der Waals surface area contributed by atoms with Crippen LogP contribution in [0.15, 0.2) is 53.1 Å². The number of rotatable bonds is 4. The van der Waals surface area contributed by atoms with Gasteiger partial charge in [-0.15, -0.1) is 0 Å². The molecule has 0 aliphatic carbocycles. The Morgan fingerprint density at radius 2 is 1.86 bits per heavy atom. The third-order valence-corrected chi connectivity index (χ3v) is 5.88. The molecular weight excluding hydrogens is 368 g/mol. The average molecular weight is 390 g/mol. The third kappa shape index (κ3) is 3.61.